The smallest absolute Gasteiger partial charge is 0.327 e. The van der Waals surface area contributed by atoms with Crippen molar-refractivity contribution in [1.82, 2.24) is 9.80 Å². The minimum absolute atomic E-state index is 0.128. The highest BCUT2D eigenvalue weighted by atomic mass is 32.2. The van der Waals surface area contributed by atoms with Gasteiger partial charge in [0, 0.05) is 18.8 Å². The van der Waals surface area contributed by atoms with E-state index in [0.717, 1.165) is 31.6 Å². The fourth-order valence-electron chi connectivity index (χ4n) is 2.82. The summed E-state index contributed by atoms with van der Waals surface area (Å²) in [5.74, 6) is 0.831. The fourth-order valence-corrected chi connectivity index (χ4v) is 3.96. The molecule has 1 saturated carbocycles. The molecule has 0 spiro atoms. The first-order valence-electron chi connectivity index (χ1n) is 6.84. The van der Waals surface area contributed by atoms with Crippen molar-refractivity contribution in [3.8, 4) is 0 Å². The third-order valence-corrected chi connectivity index (χ3v) is 5.26. The van der Waals surface area contributed by atoms with Gasteiger partial charge < -0.3 is 14.9 Å². The first-order valence-corrected chi connectivity index (χ1v) is 8.00. The molecule has 0 unspecified atom stereocenters. The zero-order valence-electron chi connectivity index (χ0n) is 11.5. The van der Waals surface area contributed by atoms with Crippen LogP contribution in [0.4, 0.5) is 4.79 Å². The van der Waals surface area contributed by atoms with Crippen molar-refractivity contribution < 1.29 is 14.7 Å². The molecule has 2 rings (SSSR count). The molecular formula is C13H22N2O3S. The SMILES string of the molecule is CC1CCC(N(C)C(=O)N2CSC[C@H]2C(=O)O)CC1. The lowest BCUT2D eigenvalue weighted by molar-refractivity contribution is -0.141. The van der Waals surface area contributed by atoms with Gasteiger partial charge in [-0.05, 0) is 31.6 Å². The number of hydrogen-bond acceptors (Lipinski definition) is 3. The summed E-state index contributed by atoms with van der Waals surface area (Å²) < 4.78 is 0. The Labute approximate surface area is 118 Å². The van der Waals surface area contributed by atoms with Crippen LogP contribution < -0.4 is 0 Å². The number of urea groups is 1. The third-order valence-electron chi connectivity index (χ3n) is 4.25. The van der Waals surface area contributed by atoms with E-state index in [0.29, 0.717) is 11.6 Å². The Kier molecular flexibility index (Phi) is 4.60. The van der Waals surface area contributed by atoms with E-state index < -0.39 is 12.0 Å². The maximum absolute atomic E-state index is 12.4. The van der Waals surface area contributed by atoms with Crippen molar-refractivity contribution in [3.63, 3.8) is 0 Å². The molecule has 19 heavy (non-hydrogen) atoms. The van der Waals surface area contributed by atoms with Gasteiger partial charge in [-0.15, -0.1) is 11.8 Å². The number of aliphatic carboxylic acids is 1. The number of hydrogen-bond donors (Lipinski definition) is 1. The molecule has 1 saturated heterocycles. The Balaban J connectivity index is 1.96. The summed E-state index contributed by atoms with van der Waals surface area (Å²) in [6.07, 6.45) is 4.36. The van der Waals surface area contributed by atoms with Gasteiger partial charge in [0.25, 0.3) is 0 Å². The maximum Gasteiger partial charge on any atom is 0.327 e. The highest BCUT2D eigenvalue weighted by Gasteiger charge is 2.37. The van der Waals surface area contributed by atoms with Gasteiger partial charge in [0.15, 0.2) is 0 Å². The largest absolute Gasteiger partial charge is 0.480 e. The molecule has 0 radical (unpaired) electrons. The molecule has 2 amide bonds. The second-order valence-corrected chi connectivity index (χ2v) is 6.63. The summed E-state index contributed by atoms with van der Waals surface area (Å²) in [6.45, 7) is 2.25. The number of nitrogens with zero attached hydrogens (tertiary/aromatic N) is 2. The van der Waals surface area contributed by atoms with Crippen LogP contribution in [-0.4, -0.2) is 57.7 Å². The zero-order valence-corrected chi connectivity index (χ0v) is 12.4. The monoisotopic (exact) mass is 286 g/mol. The number of carbonyl (C=O) groups is 2. The van der Waals surface area contributed by atoms with E-state index >= 15 is 0 Å². The molecule has 1 aliphatic heterocycles. The number of carboxylic acids is 1. The predicted molar refractivity (Wildman–Crippen MR) is 75.2 cm³/mol. The van der Waals surface area contributed by atoms with Crippen LogP contribution in [-0.2, 0) is 4.79 Å². The van der Waals surface area contributed by atoms with Gasteiger partial charge in [-0.3, -0.25) is 0 Å². The molecule has 5 nitrogen and oxygen atoms in total. The zero-order chi connectivity index (χ0) is 14.0. The van der Waals surface area contributed by atoms with Gasteiger partial charge >= 0.3 is 12.0 Å². The first kappa shape index (κ1) is 14.5. The van der Waals surface area contributed by atoms with E-state index in [1.165, 1.54) is 16.7 Å². The molecule has 0 aromatic heterocycles. The lowest BCUT2D eigenvalue weighted by Gasteiger charge is -2.36. The van der Waals surface area contributed by atoms with Crippen molar-refractivity contribution in [2.45, 2.75) is 44.7 Å². The Hall–Kier alpha value is -0.910. The number of carboxylic acid groups (broad SMARTS) is 1. The molecule has 0 aromatic carbocycles. The summed E-state index contributed by atoms with van der Waals surface area (Å²) in [4.78, 5) is 26.8. The minimum Gasteiger partial charge on any atom is -0.480 e. The summed E-state index contributed by atoms with van der Waals surface area (Å²) in [5, 5.41) is 9.13. The van der Waals surface area contributed by atoms with Gasteiger partial charge in [0.1, 0.15) is 6.04 Å². The fraction of sp³-hybridized carbons (Fsp3) is 0.846. The van der Waals surface area contributed by atoms with Crippen LogP contribution in [0.1, 0.15) is 32.6 Å². The molecule has 6 heteroatoms. The Morgan fingerprint density at radius 1 is 1.26 bits per heavy atom. The average Bonchev–Trinajstić information content (AvgIpc) is 2.87. The standard InChI is InChI=1S/C13H22N2O3S/c1-9-3-5-10(6-4-9)14(2)13(18)15-8-19-7-11(15)12(16)17/h9-11H,3-8H2,1-2H3,(H,16,17)/t9?,10?,11-/m0/s1. The minimum atomic E-state index is -0.899. The van der Waals surface area contributed by atoms with E-state index in [1.54, 1.807) is 4.90 Å². The van der Waals surface area contributed by atoms with Crippen LogP contribution in [0.5, 0.6) is 0 Å². The average molecular weight is 286 g/mol. The van der Waals surface area contributed by atoms with Crippen LogP contribution in [0, 0.1) is 5.92 Å². The summed E-state index contributed by atoms with van der Waals surface area (Å²) in [6, 6.07) is -0.525. The predicted octanol–water partition coefficient (Wildman–Crippen LogP) is 2.08. The van der Waals surface area contributed by atoms with Crippen molar-refractivity contribution in [2.24, 2.45) is 5.92 Å². The molecule has 0 bridgehead atoms. The number of carbonyl (C=O) groups excluding carboxylic acids is 1. The molecule has 1 N–H and O–H groups in total. The van der Waals surface area contributed by atoms with E-state index in [2.05, 4.69) is 6.92 Å². The van der Waals surface area contributed by atoms with Crippen molar-refractivity contribution in [2.75, 3.05) is 18.7 Å². The van der Waals surface area contributed by atoms with Gasteiger partial charge in [0.05, 0.1) is 5.88 Å². The van der Waals surface area contributed by atoms with Crippen LogP contribution in [0.15, 0.2) is 0 Å². The Bertz CT molecular complexity index is 356. The van der Waals surface area contributed by atoms with Crippen LogP contribution in [0.3, 0.4) is 0 Å². The van der Waals surface area contributed by atoms with E-state index in [4.69, 9.17) is 5.11 Å². The molecular weight excluding hydrogens is 264 g/mol. The number of rotatable bonds is 2. The lowest BCUT2D eigenvalue weighted by Crippen LogP contribution is -2.51. The van der Waals surface area contributed by atoms with Gasteiger partial charge in [0.2, 0.25) is 0 Å². The highest BCUT2D eigenvalue weighted by molar-refractivity contribution is 7.99. The second kappa shape index (κ2) is 6.03. The summed E-state index contributed by atoms with van der Waals surface area (Å²) in [5.41, 5.74) is 0. The van der Waals surface area contributed by atoms with E-state index in [9.17, 15) is 9.59 Å². The first-order chi connectivity index (χ1) is 9.00. The molecule has 1 heterocycles. The summed E-state index contributed by atoms with van der Waals surface area (Å²) >= 11 is 1.51. The van der Waals surface area contributed by atoms with E-state index in [1.807, 2.05) is 7.05 Å². The highest BCUT2D eigenvalue weighted by Crippen LogP contribution is 2.29. The molecule has 2 fully saturated rings. The van der Waals surface area contributed by atoms with Crippen molar-refractivity contribution in [3.05, 3.63) is 0 Å². The molecule has 2 aliphatic rings. The normalized spacial score (nSPS) is 31.3. The molecule has 1 atom stereocenters. The Morgan fingerprint density at radius 3 is 2.47 bits per heavy atom. The van der Waals surface area contributed by atoms with Crippen LogP contribution >= 0.6 is 11.8 Å². The number of amides is 2. The lowest BCUT2D eigenvalue weighted by atomic mass is 9.87. The van der Waals surface area contributed by atoms with E-state index in [-0.39, 0.29) is 12.1 Å². The molecule has 108 valence electrons. The van der Waals surface area contributed by atoms with Crippen LogP contribution in [0.2, 0.25) is 0 Å². The van der Waals surface area contributed by atoms with Crippen molar-refractivity contribution in [1.29, 1.82) is 0 Å². The number of thioether (sulfide) groups is 1. The second-order valence-electron chi connectivity index (χ2n) is 5.63. The Morgan fingerprint density at radius 2 is 1.89 bits per heavy atom. The van der Waals surface area contributed by atoms with Crippen LogP contribution in [0.25, 0.3) is 0 Å². The quantitative estimate of drug-likeness (QED) is 0.844. The van der Waals surface area contributed by atoms with Gasteiger partial charge in [-0.25, -0.2) is 9.59 Å². The van der Waals surface area contributed by atoms with Gasteiger partial charge in [-0.2, -0.15) is 0 Å². The van der Waals surface area contributed by atoms with Crippen molar-refractivity contribution >= 4 is 23.8 Å². The third kappa shape index (κ3) is 3.16. The molecule has 0 aromatic rings. The maximum atomic E-state index is 12.4. The summed E-state index contributed by atoms with van der Waals surface area (Å²) in [7, 11) is 1.81. The molecule has 1 aliphatic carbocycles. The van der Waals surface area contributed by atoms with Gasteiger partial charge in [-0.1, -0.05) is 6.92 Å². The topological polar surface area (TPSA) is 60.9 Å².